The fraction of sp³-hybridized carbons (Fsp3) is 0.125. The summed E-state index contributed by atoms with van der Waals surface area (Å²) < 4.78 is 13.1. The lowest BCUT2D eigenvalue weighted by atomic mass is 10.2. The van der Waals surface area contributed by atoms with E-state index in [1.54, 1.807) is 6.92 Å². The standard InChI is InChI=1S/C8H8FN3/c1-4-7-5(9)2-3-6(10)8(7)12-11-4/h2-3H,10H2,1H3,(H,11,12). The summed E-state index contributed by atoms with van der Waals surface area (Å²) in [6, 6.07) is 2.86. The van der Waals surface area contributed by atoms with E-state index in [4.69, 9.17) is 5.73 Å². The highest BCUT2D eigenvalue weighted by Crippen LogP contribution is 2.23. The number of aromatic amines is 1. The third kappa shape index (κ3) is 0.777. The van der Waals surface area contributed by atoms with Gasteiger partial charge >= 0.3 is 0 Å². The topological polar surface area (TPSA) is 54.7 Å². The van der Waals surface area contributed by atoms with Crippen LogP contribution in [0.2, 0.25) is 0 Å². The minimum absolute atomic E-state index is 0.287. The smallest absolute Gasteiger partial charge is 0.134 e. The molecule has 0 saturated heterocycles. The number of halogens is 1. The van der Waals surface area contributed by atoms with Gasteiger partial charge in [-0.2, -0.15) is 5.10 Å². The molecule has 0 atom stereocenters. The number of hydrogen-bond acceptors (Lipinski definition) is 2. The van der Waals surface area contributed by atoms with Gasteiger partial charge in [-0.3, -0.25) is 5.10 Å². The molecule has 0 bridgehead atoms. The van der Waals surface area contributed by atoms with Crippen molar-refractivity contribution in [3.05, 3.63) is 23.6 Å². The number of nitrogens with zero attached hydrogens (tertiary/aromatic N) is 1. The molecule has 0 unspecified atom stereocenters. The molecule has 3 N–H and O–H groups in total. The highest BCUT2D eigenvalue weighted by atomic mass is 19.1. The summed E-state index contributed by atoms with van der Waals surface area (Å²) in [5.41, 5.74) is 7.30. The number of hydrogen-bond donors (Lipinski definition) is 2. The molecule has 1 aromatic carbocycles. The van der Waals surface area contributed by atoms with E-state index in [0.29, 0.717) is 22.3 Å². The number of nitrogens with one attached hydrogen (secondary N) is 1. The van der Waals surface area contributed by atoms with Crippen LogP contribution in [0, 0.1) is 12.7 Å². The van der Waals surface area contributed by atoms with Crippen LogP contribution in [-0.4, -0.2) is 10.2 Å². The van der Waals surface area contributed by atoms with Crippen LogP contribution in [0.25, 0.3) is 10.9 Å². The molecule has 12 heavy (non-hydrogen) atoms. The maximum Gasteiger partial charge on any atom is 0.134 e. The number of fused-ring (bicyclic) bond motifs is 1. The van der Waals surface area contributed by atoms with Gasteiger partial charge in [0, 0.05) is 5.69 Å². The minimum Gasteiger partial charge on any atom is -0.397 e. The van der Waals surface area contributed by atoms with Gasteiger partial charge in [-0.25, -0.2) is 4.39 Å². The number of benzene rings is 1. The number of anilines is 1. The van der Waals surface area contributed by atoms with Crippen molar-refractivity contribution >= 4 is 16.6 Å². The summed E-state index contributed by atoms with van der Waals surface area (Å²) in [6.07, 6.45) is 0. The van der Waals surface area contributed by atoms with E-state index in [1.807, 2.05) is 0 Å². The van der Waals surface area contributed by atoms with E-state index in [2.05, 4.69) is 10.2 Å². The number of nitrogen functional groups attached to an aromatic ring is 1. The van der Waals surface area contributed by atoms with Gasteiger partial charge in [-0.05, 0) is 19.1 Å². The second kappa shape index (κ2) is 2.20. The van der Waals surface area contributed by atoms with Gasteiger partial charge in [0.05, 0.1) is 11.1 Å². The van der Waals surface area contributed by atoms with Crippen LogP contribution in [0.4, 0.5) is 10.1 Å². The van der Waals surface area contributed by atoms with Crippen LogP contribution in [0.1, 0.15) is 5.69 Å². The number of rotatable bonds is 0. The van der Waals surface area contributed by atoms with E-state index in [0.717, 1.165) is 0 Å². The molecule has 3 nitrogen and oxygen atoms in total. The van der Waals surface area contributed by atoms with Crippen molar-refractivity contribution in [2.75, 3.05) is 5.73 Å². The second-order valence-corrected chi connectivity index (χ2v) is 2.71. The molecule has 0 radical (unpaired) electrons. The molecule has 0 spiro atoms. The average molecular weight is 165 g/mol. The lowest BCUT2D eigenvalue weighted by Gasteiger charge is -1.95. The van der Waals surface area contributed by atoms with Gasteiger partial charge in [0.25, 0.3) is 0 Å². The second-order valence-electron chi connectivity index (χ2n) is 2.71. The SMILES string of the molecule is Cc1[nH]nc2c(N)ccc(F)c12. The first-order valence-corrected chi connectivity index (χ1v) is 3.59. The van der Waals surface area contributed by atoms with Gasteiger partial charge in [0.15, 0.2) is 0 Å². The van der Waals surface area contributed by atoms with Gasteiger partial charge in [0.1, 0.15) is 11.3 Å². The van der Waals surface area contributed by atoms with Crippen molar-refractivity contribution in [2.24, 2.45) is 0 Å². The normalized spacial score (nSPS) is 10.8. The molecule has 2 aromatic rings. The van der Waals surface area contributed by atoms with Crippen LogP contribution in [0.5, 0.6) is 0 Å². The van der Waals surface area contributed by atoms with Crippen LogP contribution in [0.3, 0.4) is 0 Å². The first kappa shape index (κ1) is 7.09. The summed E-state index contributed by atoms with van der Waals surface area (Å²) >= 11 is 0. The number of nitrogens with two attached hydrogens (primary N) is 1. The van der Waals surface area contributed by atoms with E-state index < -0.39 is 0 Å². The van der Waals surface area contributed by atoms with Gasteiger partial charge in [0.2, 0.25) is 0 Å². The van der Waals surface area contributed by atoms with E-state index in [9.17, 15) is 4.39 Å². The Balaban J connectivity index is 2.98. The first-order chi connectivity index (χ1) is 5.70. The molecule has 1 aromatic heterocycles. The highest BCUT2D eigenvalue weighted by molar-refractivity contribution is 5.91. The molecular formula is C8H8FN3. The molecule has 0 fully saturated rings. The highest BCUT2D eigenvalue weighted by Gasteiger charge is 2.08. The predicted molar refractivity (Wildman–Crippen MR) is 45.2 cm³/mol. The van der Waals surface area contributed by atoms with Crippen molar-refractivity contribution in [3.63, 3.8) is 0 Å². The largest absolute Gasteiger partial charge is 0.397 e. The molecule has 0 saturated carbocycles. The van der Waals surface area contributed by atoms with E-state index >= 15 is 0 Å². The molecule has 2 rings (SSSR count). The molecule has 62 valence electrons. The molecular weight excluding hydrogens is 157 g/mol. The predicted octanol–water partition coefficient (Wildman–Crippen LogP) is 1.59. The monoisotopic (exact) mass is 165 g/mol. The quantitative estimate of drug-likeness (QED) is 0.582. The lowest BCUT2D eigenvalue weighted by molar-refractivity contribution is 0.639. The Bertz CT molecular complexity index is 433. The van der Waals surface area contributed by atoms with Crippen molar-refractivity contribution < 1.29 is 4.39 Å². The molecule has 1 heterocycles. The van der Waals surface area contributed by atoms with E-state index in [1.165, 1.54) is 12.1 Å². The minimum atomic E-state index is -0.287. The Morgan fingerprint density at radius 3 is 2.92 bits per heavy atom. The maximum absolute atomic E-state index is 13.1. The zero-order valence-corrected chi connectivity index (χ0v) is 6.56. The summed E-state index contributed by atoms with van der Waals surface area (Å²) in [6.45, 7) is 1.76. The molecule has 4 heteroatoms. The Labute approximate surface area is 68.4 Å². The Morgan fingerprint density at radius 1 is 1.50 bits per heavy atom. The number of H-pyrrole nitrogens is 1. The number of aryl methyl sites for hydroxylation is 1. The molecule has 0 aliphatic rings. The first-order valence-electron chi connectivity index (χ1n) is 3.59. The third-order valence-electron chi connectivity index (χ3n) is 1.87. The maximum atomic E-state index is 13.1. The van der Waals surface area contributed by atoms with Crippen LogP contribution in [-0.2, 0) is 0 Å². The Hall–Kier alpha value is -1.58. The fourth-order valence-corrected chi connectivity index (χ4v) is 1.26. The molecule has 0 amide bonds. The van der Waals surface area contributed by atoms with Crippen LogP contribution >= 0.6 is 0 Å². The molecule has 0 aliphatic heterocycles. The van der Waals surface area contributed by atoms with E-state index in [-0.39, 0.29) is 5.82 Å². The van der Waals surface area contributed by atoms with Gasteiger partial charge in [-0.1, -0.05) is 0 Å². The summed E-state index contributed by atoms with van der Waals surface area (Å²) in [5.74, 6) is -0.287. The van der Waals surface area contributed by atoms with Crippen molar-refractivity contribution in [1.29, 1.82) is 0 Å². The Morgan fingerprint density at radius 2 is 2.25 bits per heavy atom. The average Bonchev–Trinajstić information content (AvgIpc) is 2.42. The van der Waals surface area contributed by atoms with Gasteiger partial charge < -0.3 is 5.73 Å². The van der Waals surface area contributed by atoms with Crippen molar-refractivity contribution in [2.45, 2.75) is 6.92 Å². The molecule has 0 aliphatic carbocycles. The summed E-state index contributed by atoms with van der Waals surface area (Å²) in [4.78, 5) is 0. The van der Waals surface area contributed by atoms with Crippen LogP contribution in [0.15, 0.2) is 12.1 Å². The zero-order chi connectivity index (χ0) is 8.72. The Kier molecular flexibility index (Phi) is 1.30. The summed E-state index contributed by atoms with van der Waals surface area (Å²) in [7, 11) is 0. The zero-order valence-electron chi connectivity index (χ0n) is 6.56. The van der Waals surface area contributed by atoms with Crippen molar-refractivity contribution in [3.8, 4) is 0 Å². The summed E-state index contributed by atoms with van der Waals surface area (Å²) in [5, 5.41) is 7.06. The number of aromatic nitrogens is 2. The van der Waals surface area contributed by atoms with Crippen molar-refractivity contribution in [1.82, 2.24) is 10.2 Å². The fourth-order valence-electron chi connectivity index (χ4n) is 1.26. The third-order valence-corrected chi connectivity index (χ3v) is 1.87. The van der Waals surface area contributed by atoms with Crippen LogP contribution < -0.4 is 5.73 Å². The lowest BCUT2D eigenvalue weighted by Crippen LogP contribution is -1.87. The van der Waals surface area contributed by atoms with Gasteiger partial charge in [-0.15, -0.1) is 0 Å².